The van der Waals surface area contributed by atoms with Crippen molar-refractivity contribution in [1.82, 2.24) is 20.2 Å². The summed E-state index contributed by atoms with van der Waals surface area (Å²) in [4.78, 5) is 0. The zero-order chi connectivity index (χ0) is 16.2. The highest BCUT2D eigenvalue weighted by molar-refractivity contribution is 5.40. The molecule has 2 rings (SSSR count). The molecule has 0 aliphatic heterocycles. The molecule has 0 radical (unpaired) electrons. The second-order valence-corrected chi connectivity index (χ2v) is 4.93. The van der Waals surface area contributed by atoms with Gasteiger partial charge in [0.05, 0.1) is 12.3 Å². The van der Waals surface area contributed by atoms with E-state index in [0.29, 0.717) is 5.95 Å². The van der Waals surface area contributed by atoms with E-state index in [2.05, 4.69) is 25.6 Å². The van der Waals surface area contributed by atoms with Gasteiger partial charge in [-0.05, 0) is 36.4 Å². The molecule has 1 heterocycles. The molecule has 1 atom stereocenters. The summed E-state index contributed by atoms with van der Waals surface area (Å²) in [5.74, 6) is 0.340. The van der Waals surface area contributed by atoms with E-state index in [1.54, 1.807) is 6.92 Å². The third-order valence-electron chi connectivity index (χ3n) is 2.76. The van der Waals surface area contributed by atoms with E-state index in [4.69, 9.17) is 0 Å². The third-order valence-corrected chi connectivity index (χ3v) is 2.76. The maximum atomic E-state index is 12.0. The van der Waals surface area contributed by atoms with Gasteiger partial charge < -0.3 is 10.1 Å². The number of benzene rings is 1. The van der Waals surface area contributed by atoms with Crippen molar-refractivity contribution < 1.29 is 17.9 Å². The van der Waals surface area contributed by atoms with Crippen LogP contribution in [0.5, 0.6) is 0 Å². The molecule has 0 saturated heterocycles. The summed E-state index contributed by atoms with van der Waals surface area (Å²) in [5.41, 5.74) is 1.85. The van der Waals surface area contributed by atoms with E-state index in [0.717, 1.165) is 11.3 Å². The number of hydrogen-bond acceptors (Lipinski definition) is 5. The Bertz CT molecular complexity index is 596. The number of tetrazole rings is 1. The lowest BCUT2D eigenvalue weighted by Crippen LogP contribution is -2.27. The van der Waals surface area contributed by atoms with Crippen molar-refractivity contribution >= 4 is 5.95 Å². The molecule has 22 heavy (non-hydrogen) atoms. The van der Waals surface area contributed by atoms with Gasteiger partial charge in [-0.3, -0.25) is 0 Å². The molecule has 1 aromatic carbocycles. The van der Waals surface area contributed by atoms with Gasteiger partial charge in [-0.25, -0.2) is 0 Å². The lowest BCUT2D eigenvalue weighted by molar-refractivity contribution is -0.174. The van der Waals surface area contributed by atoms with Gasteiger partial charge in [-0.15, -0.1) is 0 Å². The molecule has 1 aromatic heterocycles. The Morgan fingerprint density at radius 3 is 2.59 bits per heavy atom. The van der Waals surface area contributed by atoms with E-state index in [9.17, 15) is 13.2 Å². The van der Waals surface area contributed by atoms with Gasteiger partial charge in [0, 0.05) is 6.04 Å². The van der Waals surface area contributed by atoms with Gasteiger partial charge >= 0.3 is 6.18 Å². The summed E-state index contributed by atoms with van der Waals surface area (Å²) in [6.07, 6.45) is -4.33. The van der Waals surface area contributed by atoms with Gasteiger partial charge in [0.15, 0.2) is 0 Å². The van der Waals surface area contributed by atoms with Crippen LogP contribution in [0.2, 0.25) is 0 Å². The number of nitrogens with zero attached hydrogens (tertiary/aromatic N) is 4. The van der Waals surface area contributed by atoms with Crippen LogP contribution in [-0.4, -0.2) is 45.6 Å². The quantitative estimate of drug-likeness (QED) is 0.886. The SMILES string of the molecule is Cc1ccc(-n2nnnc2N[C@@H](C)COCC(F)(F)F)cc1. The van der Waals surface area contributed by atoms with Gasteiger partial charge in [-0.2, -0.15) is 17.9 Å². The highest BCUT2D eigenvalue weighted by Gasteiger charge is 2.27. The van der Waals surface area contributed by atoms with E-state index < -0.39 is 12.8 Å². The van der Waals surface area contributed by atoms with Crippen LogP contribution in [0.1, 0.15) is 12.5 Å². The largest absolute Gasteiger partial charge is 0.411 e. The molecule has 1 N–H and O–H groups in total. The van der Waals surface area contributed by atoms with Crippen LogP contribution in [0.4, 0.5) is 19.1 Å². The molecule has 0 amide bonds. The average molecular weight is 315 g/mol. The molecule has 2 aromatic rings. The number of aryl methyl sites for hydroxylation is 1. The standard InChI is InChI=1S/C13H16F3N5O/c1-9-3-5-11(6-4-9)21-12(18-19-20-21)17-10(2)7-22-8-13(14,15)16/h3-6,10H,7-8H2,1-2H3,(H,17,18,20)/t10-/m0/s1. The van der Waals surface area contributed by atoms with Crippen molar-refractivity contribution in [2.24, 2.45) is 0 Å². The minimum Gasteiger partial charge on any atom is -0.370 e. The van der Waals surface area contributed by atoms with E-state index in [1.165, 1.54) is 4.68 Å². The molecule has 0 aliphatic rings. The third kappa shape index (κ3) is 4.69. The highest BCUT2D eigenvalue weighted by atomic mass is 19.4. The number of alkyl halides is 3. The zero-order valence-electron chi connectivity index (χ0n) is 12.1. The summed E-state index contributed by atoms with van der Waals surface area (Å²) in [7, 11) is 0. The Morgan fingerprint density at radius 1 is 1.27 bits per heavy atom. The predicted molar refractivity (Wildman–Crippen MR) is 73.8 cm³/mol. The Labute approximate surface area is 125 Å². The fourth-order valence-corrected chi connectivity index (χ4v) is 1.75. The van der Waals surface area contributed by atoms with Crippen molar-refractivity contribution in [3.8, 4) is 5.69 Å². The minimum absolute atomic E-state index is 0.111. The first kappa shape index (κ1) is 16.2. The molecule has 6 nitrogen and oxygen atoms in total. The Hall–Kier alpha value is -2.16. The predicted octanol–water partition coefficient (Wildman–Crippen LogP) is 2.35. The molecule has 0 fully saturated rings. The first-order chi connectivity index (χ1) is 10.3. The lowest BCUT2D eigenvalue weighted by Gasteiger charge is -2.15. The molecule has 0 spiro atoms. The monoisotopic (exact) mass is 315 g/mol. The van der Waals surface area contributed by atoms with Crippen molar-refractivity contribution in [3.05, 3.63) is 29.8 Å². The summed E-state index contributed by atoms with van der Waals surface area (Å²) in [6.45, 7) is 2.26. The normalized spacial score (nSPS) is 13.1. The summed E-state index contributed by atoms with van der Waals surface area (Å²) >= 11 is 0. The first-order valence-corrected chi connectivity index (χ1v) is 6.61. The molecule has 0 saturated carbocycles. The molecular weight excluding hydrogens is 299 g/mol. The van der Waals surface area contributed by atoms with Crippen molar-refractivity contribution in [3.63, 3.8) is 0 Å². The summed E-state index contributed by atoms with van der Waals surface area (Å²) < 4.78 is 42.1. The van der Waals surface area contributed by atoms with Gasteiger partial charge in [0.1, 0.15) is 6.61 Å². The lowest BCUT2D eigenvalue weighted by atomic mass is 10.2. The zero-order valence-corrected chi connectivity index (χ0v) is 12.1. The van der Waals surface area contributed by atoms with Crippen LogP contribution in [0.25, 0.3) is 5.69 Å². The van der Waals surface area contributed by atoms with Crippen LogP contribution in [-0.2, 0) is 4.74 Å². The Balaban J connectivity index is 1.96. The molecule has 0 unspecified atom stereocenters. The maximum absolute atomic E-state index is 12.0. The second kappa shape index (κ2) is 6.73. The van der Waals surface area contributed by atoms with Gasteiger partial charge in [0.2, 0.25) is 5.95 Å². The Kier molecular flexibility index (Phi) is 4.96. The molecule has 0 aliphatic carbocycles. The summed E-state index contributed by atoms with van der Waals surface area (Å²) in [6, 6.07) is 7.15. The molecule has 120 valence electrons. The fraction of sp³-hybridized carbons (Fsp3) is 0.462. The van der Waals surface area contributed by atoms with Crippen molar-refractivity contribution in [1.29, 1.82) is 0 Å². The van der Waals surface area contributed by atoms with E-state index >= 15 is 0 Å². The number of ether oxygens (including phenoxy) is 1. The summed E-state index contributed by atoms with van der Waals surface area (Å²) in [5, 5.41) is 14.2. The van der Waals surface area contributed by atoms with Crippen LogP contribution < -0.4 is 5.32 Å². The van der Waals surface area contributed by atoms with Crippen LogP contribution >= 0.6 is 0 Å². The van der Waals surface area contributed by atoms with Crippen LogP contribution in [0.3, 0.4) is 0 Å². The second-order valence-electron chi connectivity index (χ2n) is 4.93. The molecular formula is C13H16F3N5O. The number of nitrogens with one attached hydrogen (secondary N) is 1. The topological polar surface area (TPSA) is 64.9 Å². The highest BCUT2D eigenvalue weighted by Crippen LogP contribution is 2.15. The number of aromatic nitrogens is 4. The number of halogens is 3. The number of anilines is 1. The van der Waals surface area contributed by atoms with Crippen molar-refractivity contribution in [2.45, 2.75) is 26.1 Å². The minimum atomic E-state index is -4.33. The Morgan fingerprint density at radius 2 is 1.95 bits per heavy atom. The van der Waals surface area contributed by atoms with Crippen LogP contribution in [0.15, 0.2) is 24.3 Å². The van der Waals surface area contributed by atoms with E-state index in [-0.39, 0.29) is 12.6 Å². The number of rotatable bonds is 6. The van der Waals surface area contributed by atoms with Gasteiger partial charge in [-0.1, -0.05) is 22.8 Å². The average Bonchev–Trinajstić information content (AvgIpc) is 2.86. The van der Waals surface area contributed by atoms with Crippen molar-refractivity contribution in [2.75, 3.05) is 18.5 Å². The molecule has 9 heteroatoms. The molecule has 0 bridgehead atoms. The maximum Gasteiger partial charge on any atom is 0.411 e. The fourth-order valence-electron chi connectivity index (χ4n) is 1.75. The number of hydrogen-bond donors (Lipinski definition) is 1. The first-order valence-electron chi connectivity index (χ1n) is 6.61. The van der Waals surface area contributed by atoms with Gasteiger partial charge in [0.25, 0.3) is 0 Å². The van der Waals surface area contributed by atoms with E-state index in [1.807, 2.05) is 31.2 Å². The smallest absolute Gasteiger partial charge is 0.370 e. The van der Waals surface area contributed by atoms with Crippen LogP contribution in [0, 0.1) is 6.92 Å².